The van der Waals surface area contributed by atoms with Crippen LogP contribution in [0.5, 0.6) is 0 Å². The Kier molecular flexibility index (Phi) is 2.60. The Balaban J connectivity index is 2.99. The van der Waals surface area contributed by atoms with Crippen molar-refractivity contribution in [2.24, 2.45) is 0 Å². The topological polar surface area (TPSA) is 55.8 Å². The summed E-state index contributed by atoms with van der Waals surface area (Å²) in [6, 6.07) is 0. The summed E-state index contributed by atoms with van der Waals surface area (Å²) in [5.41, 5.74) is 0. The van der Waals surface area contributed by atoms with E-state index in [1.54, 1.807) is 0 Å². The minimum absolute atomic E-state index is 1.24. The van der Waals surface area contributed by atoms with Gasteiger partial charge in [0.1, 0.15) is 0 Å². The first kappa shape index (κ1) is 5.58. The Hall–Kier alpha value is -0.420. The molecule has 0 unspecified atom stereocenters. The van der Waals surface area contributed by atoms with Crippen molar-refractivity contribution in [3.05, 3.63) is 0 Å². The molecule has 0 spiro atoms. The number of hydrogen-bond donors (Lipinski definition) is 2. The van der Waals surface area contributed by atoms with Gasteiger partial charge in [0.05, 0.1) is 0 Å². The van der Waals surface area contributed by atoms with Gasteiger partial charge in [0, 0.05) is 12.9 Å². The van der Waals surface area contributed by atoms with Crippen molar-refractivity contribution in [3.8, 4) is 0 Å². The summed E-state index contributed by atoms with van der Waals surface area (Å²) in [5, 5.41) is 7.31. The Morgan fingerprint density at radius 3 is 2.33 bits per heavy atom. The second kappa shape index (κ2) is 2.80. The van der Waals surface area contributed by atoms with Gasteiger partial charge in [-0.1, -0.05) is 0 Å². The van der Waals surface area contributed by atoms with Gasteiger partial charge in [-0.05, 0) is 0 Å². The van der Waals surface area contributed by atoms with Crippen molar-refractivity contribution < 1.29 is 19.1 Å². The zero-order chi connectivity index (χ0) is 4.99. The van der Waals surface area contributed by atoms with E-state index < -0.39 is 6.16 Å². The molecule has 0 amide bonds. The van der Waals surface area contributed by atoms with Crippen molar-refractivity contribution in [2.45, 2.75) is 0 Å². The fraction of sp³-hybridized carbons (Fsp3) is 0. The summed E-state index contributed by atoms with van der Waals surface area (Å²) in [6.07, 6.45) is -1.24. The van der Waals surface area contributed by atoms with E-state index in [4.69, 9.17) is 5.26 Å². The highest BCUT2D eigenvalue weighted by atomic mass is 32.1. The van der Waals surface area contributed by atoms with Crippen LogP contribution in [0.3, 0.4) is 0 Å². The van der Waals surface area contributed by atoms with E-state index in [0.717, 1.165) is 0 Å². The summed E-state index contributed by atoms with van der Waals surface area (Å²) in [7, 11) is 0. The third-order valence-corrected chi connectivity index (χ3v) is 0.298. The van der Waals surface area contributed by atoms with E-state index in [2.05, 4.69) is 22.0 Å². The van der Waals surface area contributed by atoms with Crippen LogP contribution < -0.4 is 0 Å². The quantitative estimate of drug-likeness (QED) is 0.206. The van der Waals surface area contributed by atoms with Crippen molar-refractivity contribution in [3.63, 3.8) is 0 Å². The van der Waals surface area contributed by atoms with Crippen LogP contribution in [-0.4, -0.2) is 11.4 Å². The van der Waals surface area contributed by atoms with Crippen LogP contribution in [0.25, 0.3) is 0 Å². The lowest BCUT2D eigenvalue weighted by Crippen LogP contribution is -1.94. The Morgan fingerprint density at radius 1 is 1.83 bits per heavy atom. The third-order valence-electron chi connectivity index (χ3n) is 0.149. The van der Waals surface area contributed by atoms with Crippen molar-refractivity contribution in [1.82, 2.24) is 0 Å². The van der Waals surface area contributed by atoms with Crippen LogP contribution in [0.1, 0.15) is 0 Å². The van der Waals surface area contributed by atoms with Gasteiger partial charge in [-0.2, -0.15) is 10.1 Å². The Labute approximate surface area is 39.2 Å². The van der Waals surface area contributed by atoms with Crippen molar-refractivity contribution >= 4 is 19.1 Å². The van der Waals surface area contributed by atoms with Gasteiger partial charge in [-0.15, -0.1) is 0 Å². The minimum Gasteiger partial charge on any atom is -0.361 e. The molecular formula is CH2O4S. The molecule has 0 saturated carbocycles. The Morgan fingerprint density at radius 2 is 2.33 bits per heavy atom. The van der Waals surface area contributed by atoms with Gasteiger partial charge in [-0.25, -0.2) is 0 Å². The van der Waals surface area contributed by atoms with Gasteiger partial charge in [0.15, 0.2) is 0 Å². The summed E-state index contributed by atoms with van der Waals surface area (Å²) in [6.45, 7) is 0. The van der Waals surface area contributed by atoms with Crippen LogP contribution >= 0.6 is 12.9 Å². The highest BCUT2D eigenvalue weighted by molar-refractivity contribution is 7.75. The minimum atomic E-state index is -1.24. The lowest BCUT2D eigenvalue weighted by Gasteiger charge is -1.84. The van der Waals surface area contributed by atoms with E-state index in [9.17, 15) is 4.79 Å². The molecule has 0 bridgehead atoms. The second-order valence-corrected chi connectivity index (χ2v) is 0.615. The molecule has 0 aromatic rings. The van der Waals surface area contributed by atoms with E-state index in [0.29, 0.717) is 0 Å². The van der Waals surface area contributed by atoms with E-state index >= 15 is 0 Å². The molecular weight excluding hydrogens is 108 g/mol. The molecule has 0 heterocycles. The third kappa shape index (κ3) is 1.86. The highest BCUT2D eigenvalue weighted by Crippen LogP contribution is 1.81. The number of carbonyl (C=O) groups excluding carboxylic acids is 1. The molecule has 0 aliphatic carbocycles. The molecule has 1 N–H and O–H groups in total. The molecule has 4 nitrogen and oxygen atoms in total. The normalized spacial score (nSPS) is 7.00. The van der Waals surface area contributed by atoms with Gasteiger partial charge >= 0.3 is 6.16 Å². The maximum Gasteiger partial charge on any atom is 0.552 e. The predicted octanol–water partition coefficient (Wildman–Crippen LogP) is 0.457. The average Bonchev–Trinajstić information content (AvgIpc) is 1.65. The number of thiol groups is 1. The van der Waals surface area contributed by atoms with Gasteiger partial charge in [0.2, 0.25) is 0 Å². The number of carbonyl (C=O) groups is 1. The monoisotopic (exact) mass is 110 g/mol. The lowest BCUT2D eigenvalue weighted by atomic mass is 11.4. The van der Waals surface area contributed by atoms with Gasteiger partial charge < -0.3 is 4.18 Å². The predicted molar refractivity (Wildman–Crippen MR) is 19.2 cm³/mol. The first-order valence-corrected chi connectivity index (χ1v) is 1.34. The van der Waals surface area contributed by atoms with Crippen LogP contribution in [-0.2, 0) is 9.07 Å². The number of hydrogen-bond acceptors (Lipinski definition) is 5. The SMILES string of the molecule is O=C(OO)OS. The van der Waals surface area contributed by atoms with Gasteiger partial charge in [-0.3, -0.25) is 4.89 Å². The molecule has 0 aromatic heterocycles. The molecule has 0 aliphatic rings. The van der Waals surface area contributed by atoms with Crippen LogP contribution in [0.4, 0.5) is 4.79 Å². The number of rotatable bonds is 0. The molecule has 36 valence electrons. The summed E-state index contributed by atoms with van der Waals surface area (Å²) < 4.78 is 3.48. The second-order valence-electron chi connectivity index (χ2n) is 0.433. The van der Waals surface area contributed by atoms with Crippen LogP contribution in [0, 0.1) is 0 Å². The van der Waals surface area contributed by atoms with Crippen molar-refractivity contribution in [2.75, 3.05) is 0 Å². The van der Waals surface area contributed by atoms with E-state index in [1.807, 2.05) is 0 Å². The highest BCUT2D eigenvalue weighted by Gasteiger charge is 1.94. The molecule has 0 fully saturated rings. The average molecular weight is 110 g/mol. The maximum atomic E-state index is 9.41. The zero-order valence-corrected chi connectivity index (χ0v) is 3.51. The molecule has 0 radical (unpaired) electrons. The molecule has 0 aromatic carbocycles. The summed E-state index contributed by atoms with van der Waals surface area (Å²) in [4.78, 5) is 12.4. The summed E-state index contributed by atoms with van der Waals surface area (Å²) in [5.74, 6) is 0. The molecule has 0 aliphatic heterocycles. The molecule has 0 atom stereocenters. The first-order chi connectivity index (χ1) is 2.81. The fourth-order valence-electron chi connectivity index (χ4n) is 0.0167. The standard InChI is InChI=1S/CH2O4S/c2-1(4-3)5-6/h3,6H. The Bertz CT molecular complexity index is 45.5. The molecule has 6 heavy (non-hydrogen) atoms. The maximum absolute atomic E-state index is 9.41. The smallest absolute Gasteiger partial charge is 0.361 e. The molecule has 0 rings (SSSR count). The fourth-order valence-corrected chi connectivity index (χ4v) is 0.0500. The van der Waals surface area contributed by atoms with E-state index in [1.165, 1.54) is 0 Å². The summed E-state index contributed by atoms with van der Waals surface area (Å²) >= 11 is 2.96. The molecule has 0 saturated heterocycles. The zero-order valence-electron chi connectivity index (χ0n) is 2.62. The van der Waals surface area contributed by atoms with Crippen molar-refractivity contribution in [1.29, 1.82) is 0 Å². The first-order valence-electron chi connectivity index (χ1n) is 0.978. The van der Waals surface area contributed by atoms with Crippen LogP contribution in [0.15, 0.2) is 0 Å². The van der Waals surface area contributed by atoms with Gasteiger partial charge in [0.25, 0.3) is 0 Å². The largest absolute Gasteiger partial charge is 0.552 e. The lowest BCUT2D eigenvalue weighted by molar-refractivity contribution is -0.190. The molecule has 5 heteroatoms. The van der Waals surface area contributed by atoms with Crippen LogP contribution in [0.2, 0.25) is 0 Å². The van der Waals surface area contributed by atoms with E-state index in [-0.39, 0.29) is 0 Å².